The molecule has 8 heteroatoms. The van der Waals surface area contributed by atoms with Gasteiger partial charge >= 0.3 is 11.9 Å². The van der Waals surface area contributed by atoms with Crippen molar-refractivity contribution in [3.63, 3.8) is 0 Å². The number of carbonyl (C=O) groups is 2. The minimum absolute atomic E-state index is 0.188. The number of rotatable bonds is 6. The summed E-state index contributed by atoms with van der Waals surface area (Å²) in [5.41, 5.74) is 3.37. The molecule has 6 rings (SSSR count). The highest BCUT2D eigenvalue weighted by atomic mass is 16.4. The SMILES string of the molecule is O=C(O)CC1(CC2(CC(=O)O)c3cccnc3-c3ncccc32)c2cccnc2-c2ncccc21. The van der Waals surface area contributed by atoms with Crippen LogP contribution in [-0.4, -0.2) is 42.1 Å². The zero-order valence-corrected chi connectivity index (χ0v) is 18.5. The molecule has 0 radical (unpaired) electrons. The zero-order chi connectivity index (χ0) is 24.2. The Hall–Kier alpha value is -4.46. The van der Waals surface area contributed by atoms with Crippen LogP contribution in [0.4, 0.5) is 0 Å². The van der Waals surface area contributed by atoms with Gasteiger partial charge in [0.05, 0.1) is 35.6 Å². The summed E-state index contributed by atoms with van der Waals surface area (Å²) in [6.07, 6.45) is 6.36. The van der Waals surface area contributed by atoms with Crippen LogP contribution in [0.15, 0.2) is 73.3 Å². The number of fused-ring (bicyclic) bond motifs is 6. The Labute approximate surface area is 200 Å². The summed E-state index contributed by atoms with van der Waals surface area (Å²) in [6, 6.07) is 14.6. The van der Waals surface area contributed by atoms with Crippen LogP contribution in [-0.2, 0) is 20.4 Å². The van der Waals surface area contributed by atoms with Gasteiger partial charge in [-0.15, -0.1) is 0 Å². The Balaban J connectivity index is 1.68. The summed E-state index contributed by atoms with van der Waals surface area (Å²) in [6.45, 7) is 0. The maximum atomic E-state index is 12.4. The van der Waals surface area contributed by atoms with Crippen molar-refractivity contribution in [3.05, 3.63) is 95.6 Å². The van der Waals surface area contributed by atoms with E-state index in [0.717, 1.165) is 22.3 Å². The maximum absolute atomic E-state index is 12.4. The minimum Gasteiger partial charge on any atom is -0.481 e. The van der Waals surface area contributed by atoms with Crippen molar-refractivity contribution in [2.45, 2.75) is 30.1 Å². The van der Waals surface area contributed by atoms with E-state index in [2.05, 4.69) is 19.9 Å². The normalized spacial score (nSPS) is 15.5. The molecular formula is C27H20N4O4. The molecule has 0 saturated heterocycles. The molecule has 4 heterocycles. The molecule has 0 fully saturated rings. The standard InChI is InChI=1S/C27H20N4O4/c32-20(33)13-26(16-5-1-9-28-22(16)23-17(26)6-2-10-29-23)15-27(14-21(34)35)18-7-3-11-30-24(18)25-19(27)8-4-12-31-25/h1-12H,13-15H2,(H,32,33)(H,34,35). The lowest BCUT2D eigenvalue weighted by molar-refractivity contribution is -0.138. The molecule has 35 heavy (non-hydrogen) atoms. The average molecular weight is 464 g/mol. The number of carboxylic acids is 2. The third-order valence-electron chi connectivity index (χ3n) is 7.25. The smallest absolute Gasteiger partial charge is 0.304 e. The monoisotopic (exact) mass is 464 g/mol. The quantitative estimate of drug-likeness (QED) is 0.441. The van der Waals surface area contributed by atoms with Gasteiger partial charge in [-0.25, -0.2) is 0 Å². The molecule has 0 spiro atoms. The van der Waals surface area contributed by atoms with Gasteiger partial charge in [-0.3, -0.25) is 29.5 Å². The molecule has 0 aliphatic heterocycles. The van der Waals surface area contributed by atoms with Crippen molar-refractivity contribution in [3.8, 4) is 22.8 Å². The predicted molar refractivity (Wildman–Crippen MR) is 126 cm³/mol. The Bertz CT molecular complexity index is 1310. The first-order valence-corrected chi connectivity index (χ1v) is 11.2. The molecule has 4 aromatic heterocycles. The summed E-state index contributed by atoms with van der Waals surface area (Å²) in [4.78, 5) is 43.0. The van der Waals surface area contributed by atoms with Crippen molar-refractivity contribution in [1.29, 1.82) is 0 Å². The van der Waals surface area contributed by atoms with E-state index in [1.807, 2.05) is 24.3 Å². The van der Waals surface area contributed by atoms with Gasteiger partial charge in [0.15, 0.2) is 0 Å². The van der Waals surface area contributed by atoms with Crippen LogP contribution in [0.25, 0.3) is 22.8 Å². The van der Waals surface area contributed by atoms with E-state index in [9.17, 15) is 19.8 Å². The number of carboxylic acid groups (broad SMARTS) is 2. The minimum atomic E-state index is -1.06. The van der Waals surface area contributed by atoms with Gasteiger partial charge in [0.1, 0.15) is 0 Å². The van der Waals surface area contributed by atoms with Crippen molar-refractivity contribution < 1.29 is 19.8 Å². The summed E-state index contributed by atoms with van der Waals surface area (Å²) in [7, 11) is 0. The Kier molecular flexibility index (Phi) is 4.54. The van der Waals surface area contributed by atoms with Crippen molar-refractivity contribution in [1.82, 2.24) is 19.9 Å². The second-order valence-corrected chi connectivity index (χ2v) is 9.08. The lowest BCUT2D eigenvalue weighted by Crippen LogP contribution is -2.40. The van der Waals surface area contributed by atoms with Crippen molar-refractivity contribution in [2.75, 3.05) is 0 Å². The molecule has 2 aliphatic carbocycles. The van der Waals surface area contributed by atoms with Crippen LogP contribution < -0.4 is 0 Å². The van der Waals surface area contributed by atoms with Gasteiger partial charge in [0.25, 0.3) is 0 Å². The van der Waals surface area contributed by atoms with Crippen LogP contribution >= 0.6 is 0 Å². The van der Waals surface area contributed by atoms with Crippen LogP contribution in [0.2, 0.25) is 0 Å². The number of hydrogen-bond acceptors (Lipinski definition) is 6. The van der Waals surface area contributed by atoms with Crippen LogP contribution in [0.1, 0.15) is 41.5 Å². The summed E-state index contributed by atoms with van der Waals surface area (Å²) in [5.74, 6) is -1.98. The molecule has 4 aromatic rings. The highest BCUT2D eigenvalue weighted by Gasteiger charge is 2.56. The predicted octanol–water partition coefficient (Wildman–Crippen LogP) is 3.84. The van der Waals surface area contributed by atoms with Crippen LogP contribution in [0.3, 0.4) is 0 Å². The van der Waals surface area contributed by atoms with Gasteiger partial charge in [0, 0.05) is 35.6 Å². The van der Waals surface area contributed by atoms with Crippen molar-refractivity contribution in [2.24, 2.45) is 0 Å². The Morgan fingerprint density at radius 2 is 0.857 bits per heavy atom. The van der Waals surface area contributed by atoms with Crippen LogP contribution in [0.5, 0.6) is 0 Å². The lowest BCUT2D eigenvalue weighted by Gasteiger charge is -2.40. The summed E-state index contributed by atoms with van der Waals surface area (Å²) in [5, 5.41) is 20.3. The maximum Gasteiger partial charge on any atom is 0.304 e. The number of pyridine rings is 4. The van der Waals surface area contributed by atoms with Gasteiger partial charge in [-0.2, -0.15) is 0 Å². The number of hydrogen-bond donors (Lipinski definition) is 2. The molecule has 0 bridgehead atoms. The van der Waals surface area contributed by atoms with Gasteiger partial charge in [-0.05, 0) is 52.9 Å². The number of nitrogens with zero attached hydrogens (tertiary/aromatic N) is 4. The largest absolute Gasteiger partial charge is 0.481 e. The van der Waals surface area contributed by atoms with E-state index in [1.165, 1.54) is 0 Å². The summed E-state index contributed by atoms with van der Waals surface area (Å²) < 4.78 is 0. The molecule has 0 amide bonds. The van der Waals surface area contributed by atoms with E-state index in [1.54, 1.807) is 49.1 Å². The second kappa shape index (κ2) is 7.53. The number of aliphatic carboxylic acids is 2. The van der Waals surface area contributed by atoms with Crippen molar-refractivity contribution >= 4 is 11.9 Å². The van der Waals surface area contributed by atoms with Crippen LogP contribution in [0, 0.1) is 0 Å². The summed E-state index contributed by atoms with van der Waals surface area (Å²) >= 11 is 0. The third-order valence-corrected chi connectivity index (χ3v) is 7.25. The molecule has 0 aromatic carbocycles. The van der Waals surface area contributed by atoms with E-state index >= 15 is 0 Å². The molecule has 0 saturated carbocycles. The first-order chi connectivity index (χ1) is 17.0. The molecule has 2 N–H and O–H groups in total. The third kappa shape index (κ3) is 2.92. The second-order valence-electron chi connectivity index (χ2n) is 9.08. The van der Waals surface area contributed by atoms with Gasteiger partial charge in [-0.1, -0.05) is 24.3 Å². The van der Waals surface area contributed by atoms with E-state index < -0.39 is 22.8 Å². The molecular weight excluding hydrogens is 444 g/mol. The highest BCUT2D eigenvalue weighted by molar-refractivity contribution is 5.84. The Morgan fingerprint density at radius 1 is 0.571 bits per heavy atom. The molecule has 2 aliphatic rings. The molecule has 172 valence electrons. The average Bonchev–Trinajstić information content (AvgIpc) is 3.27. The topological polar surface area (TPSA) is 126 Å². The first kappa shape index (κ1) is 21.1. The van der Waals surface area contributed by atoms with E-state index in [4.69, 9.17) is 0 Å². The number of aromatic nitrogens is 4. The fraction of sp³-hybridized carbons (Fsp3) is 0.185. The molecule has 0 atom stereocenters. The van der Waals surface area contributed by atoms with E-state index in [0.29, 0.717) is 22.8 Å². The Morgan fingerprint density at radius 3 is 1.11 bits per heavy atom. The van der Waals surface area contributed by atoms with Gasteiger partial charge in [0.2, 0.25) is 0 Å². The molecule has 8 nitrogen and oxygen atoms in total. The lowest BCUT2D eigenvalue weighted by atomic mass is 9.60. The molecule has 0 unspecified atom stereocenters. The highest BCUT2D eigenvalue weighted by Crippen LogP contribution is 2.60. The van der Waals surface area contributed by atoms with Gasteiger partial charge < -0.3 is 10.2 Å². The fourth-order valence-corrected chi connectivity index (χ4v) is 6.13. The zero-order valence-electron chi connectivity index (χ0n) is 18.5. The van der Waals surface area contributed by atoms with E-state index in [-0.39, 0.29) is 19.3 Å². The first-order valence-electron chi connectivity index (χ1n) is 11.2. The fourth-order valence-electron chi connectivity index (χ4n) is 6.13.